The molecule has 3 heterocycles. The van der Waals surface area contributed by atoms with Gasteiger partial charge in [0.2, 0.25) is 17.7 Å². The van der Waals surface area contributed by atoms with Crippen molar-refractivity contribution in [2.24, 2.45) is 11.8 Å². The first-order valence-corrected chi connectivity index (χ1v) is 11.6. The number of hydrogen-bond acceptors (Lipinski definition) is 6. The maximum Gasteiger partial charge on any atom is 0.308 e. The van der Waals surface area contributed by atoms with Crippen molar-refractivity contribution in [1.82, 2.24) is 10.2 Å². The average molecular weight is 462 g/mol. The van der Waals surface area contributed by atoms with Crippen LogP contribution in [-0.2, 0) is 23.9 Å². The van der Waals surface area contributed by atoms with Crippen molar-refractivity contribution >= 4 is 29.4 Å². The van der Waals surface area contributed by atoms with Crippen LogP contribution in [0, 0.1) is 18.8 Å². The first kappa shape index (κ1) is 22.3. The predicted molar refractivity (Wildman–Crippen MR) is 124 cm³/mol. The number of carbonyl (C=O) groups is 4. The number of ether oxygens (including phenoxy) is 1. The van der Waals surface area contributed by atoms with Gasteiger partial charge in [-0.3, -0.25) is 24.1 Å². The maximum atomic E-state index is 14.0. The summed E-state index contributed by atoms with van der Waals surface area (Å²) in [5.41, 5.74) is 0.810. The van der Waals surface area contributed by atoms with E-state index in [0.29, 0.717) is 18.8 Å². The molecule has 2 aromatic carbocycles. The normalized spacial score (nSPS) is 28.5. The van der Waals surface area contributed by atoms with E-state index in [-0.39, 0.29) is 18.9 Å². The number of piperazine rings is 1. The summed E-state index contributed by atoms with van der Waals surface area (Å²) in [6, 6.07) is 16.1. The molecule has 0 radical (unpaired) electrons. The van der Waals surface area contributed by atoms with Gasteiger partial charge in [0.1, 0.15) is 5.54 Å². The Morgan fingerprint density at radius 3 is 2.44 bits per heavy atom. The summed E-state index contributed by atoms with van der Waals surface area (Å²) < 4.78 is 5.22. The molecule has 8 nitrogen and oxygen atoms in total. The summed E-state index contributed by atoms with van der Waals surface area (Å²) in [7, 11) is 0. The lowest BCUT2D eigenvalue weighted by atomic mass is 9.76. The number of nitrogens with zero attached hydrogens (tertiary/aromatic N) is 2. The summed E-state index contributed by atoms with van der Waals surface area (Å²) in [5.74, 6) is -3.58. The van der Waals surface area contributed by atoms with E-state index in [4.69, 9.17) is 4.74 Å². The zero-order valence-electron chi connectivity index (χ0n) is 19.2. The van der Waals surface area contributed by atoms with Crippen molar-refractivity contribution < 1.29 is 23.9 Å². The van der Waals surface area contributed by atoms with Crippen LogP contribution in [0.15, 0.2) is 54.6 Å². The third-order valence-corrected chi connectivity index (χ3v) is 7.24. The van der Waals surface area contributed by atoms with E-state index < -0.39 is 41.2 Å². The van der Waals surface area contributed by atoms with E-state index in [2.05, 4.69) is 5.32 Å². The molecule has 0 spiro atoms. The minimum atomic E-state index is -1.50. The molecule has 4 atom stereocenters. The lowest BCUT2D eigenvalue weighted by molar-refractivity contribution is -0.156. The summed E-state index contributed by atoms with van der Waals surface area (Å²) in [5, 5.41) is 2.85. The summed E-state index contributed by atoms with van der Waals surface area (Å²) in [6.45, 7) is 4.58. The third-order valence-electron chi connectivity index (χ3n) is 7.24. The number of nitrogens with one attached hydrogen (secondary N) is 1. The number of anilines is 1. The Kier molecular flexibility index (Phi) is 5.48. The number of amides is 3. The fraction of sp³-hybridized carbons (Fsp3) is 0.385. The van der Waals surface area contributed by atoms with Crippen molar-refractivity contribution in [2.45, 2.75) is 31.8 Å². The molecule has 0 saturated carbocycles. The molecule has 8 heteroatoms. The molecule has 176 valence electrons. The number of hydrogen-bond donors (Lipinski definition) is 1. The van der Waals surface area contributed by atoms with E-state index in [1.807, 2.05) is 54.3 Å². The summed E-state index contributed by atoms with van der Waals surface area (Å²) in [6.07, 6.45) is -0.294. The van der Waals surface area contributed by atoms with Gasteiger partial charge in [-0.1, -0.05) is 48.0 Å². The van der Waals surface area contributed by atoms with Crippen molar-refractivity contribution in [3.8, 4) is 0 Å². The zero-order chi connectivity index (χ0) is 24.0. The van der Waals surface area contributed by atoms with Gasteiger partial charge in [-0.2, -0.15) is 0 Å². The van der Waals surface area contributed by atoms with Crippen molar-refractivity contribution in [3.63, 3.8) is 0 Å². The van der Waals surface area contributed by atoms with Crippen LogP contribution >= 0.6 is 0 Å². The van der Waals surface area contributed by atoms with E-state index in [9.17, 15) is 19.2 Å². The van der Waals surface area contributed by atoms with Crippen molar-refractivity contribution in [3.05, 3.63) is 65.7 Å². The second-order valence-corrected chi connectivity index (χ2v) is 9.06. The molecule has 0 bridgehead atoms. The second-order valence-electron chi connectivity index (χ2n) is 9.06. The van der Waals surface area contributed by atoms with E-state index in [0.717, 1.165) is 11.1 Å². The quantitative estimate of drug-likeness (QED) is 0.540. The Hall–Kier alpha value is -3.52. The summed E-state index contributed by atoms with van der Waals surface area (Å²) in [4.78, 5) is 57.3. The topological polar surface area (TPSA) is 96.0 Å². The van der Waals surface area contributed by atoms with Crippen LogP contribution in [0.25, 0.3) is 0 Å². The smallest absolute Gasteiger partial charge is 0.308 e. The van der Waals surface area contributed by atoms with Crippen LogP contribution < -0.4 is 10.2 Å². The standard InChI is InChI=1S/C26H27N3O5/c1-3-34-19(30)15-26-21-20(23(31)29(24(21)32)18-11-9-16(2)10-12-18)22(17-7-5-4-6-8-17)28(26)14-13-27-25(26)33/h4-12,20-22H,3,13-15H2,1-2H3,(H,27,33)/t20-,21-,22+,26-/m0/s1. The number of rotatable bonds is 5. The molecule has 1 N–H and O–H groups in total. The van der Waals surface area contributed by atoms with E-state index >= 15 is 0 Å². The number of aryl methyl sites for hydroxylation is 1. The maximum absolute atomic E-state index is 14.0. The fourth-order valence-electron chi connectivity index (χ4n) is 5.90. The van der Waals surface area contributed by atoms with Crippen molar-refractivity contribution in [1.29, 1.82) is 0 Å². The van der Waals surface area contributed by atoms with Gasteiger partial charge in [-0.05, 0) is 31.5 Å². The minimum absolute atomic E-state index is 0.162. The van der Waals surface area contributed by atoms with Gasteiger partial charge in [0.05, 0.1) is 30.6 Å². The Bertz CT molecular complexity index is 1150. The predicted octanol–water partition coefficient (Wildman–Crippen LogP) is 1.98. The van der Waals surface area contributed by atoms with Crippen LogP contribution in [0.5, 0.6) is 0 Å². The van der Waals surface area contributed by atoms with Gasteiger partial charge in [0, 0.05) is 19.1 Å². The van der Waals surface area contributed by atoms with E-state index in [1.54, 1.807) is 19.1 Å². The molecule has 3 aliphatic heterocycles. The fourth-order valence-corrected chi connectivity index (χ4v) is 5.90. The molecule has 0 unspecified atom stereocenters. The highest BCUT2D eigenvalue weighted by Crippen LogP contribution is 2.57. The zero-order valence-corrected chi connectivity index (χ0v) is 19.2. The molecule has 2 aromatic rings. The van der Waals surface area contributed by atoms with Gasteiger partial charge in [-0.25, -0.2) is 4.90 Å². The minimum Gasteiger partial charge on any atom is -0.466 e. The highest BCUT2D eigenvalue weighted by Gasteiger charge is 2.73. The molecule has 3 fully saturated rings. The van der Waals surface area contributed by atoms with Crippen LogP contribution in [-0.4, -0.2) is 53.8 Å². The Morgan fingerprint density at radius 1 is 1.06 bits per heavy atom. The van der Waals surface area contributed by atoms with Gasteiger partial charge in [0.15, 0.2) is 0 Å². The average Bonchev–Trinajstić information content (AvgIpc) is 3.26. The number of benzene rings is 2. The first-order valence-electron chi connectivity index (χ1n) is 11.6. The van der Waals surface area contributed by atoms with Gasteiger partial charge >= 0.3 is 5.97 Å². The Labute approximate surface area is 197 Å². The highest BCUT2D eigenvalue weighted by atomic mass is 16.5. The van der Waals surface area contributed by atoms with Crippen LogP contribution in [0.3, 0.4) is 0 Å². The largest absolute Gasteiger partial charge is 0.466 e. The number of esters is 1. The van der Waals surface area contributed by atoms with Gasteiger partial charge in [-0.15, -0.1) is 0 Å². The van der Waals surface area contributed by atoms with Crippen LogP contribution in [0.4, 0.5) is 5.69 Å². The van der Waals surface area contributed by atoms with Crippen molar-refractivity contribution in [2.75, 3.05) is 24.6 Å². The second kappa shape index (κ2) is 8.36. The summed E-state index contributed by atoms with van der Waals surface area (Å²) >= 11 is 0. The lowest BCUT2D eigenvalue weighted by Crippen LogP contribution is -2.67. The number of imide groups is 1. The molecule has 34 heavy (non-hydrogen) atoms. The van der Waals surface area contributed by atoms with Crippen LogP contribution in [0.2, 0.25) is 0 Å². The molecule has 5 rings (SSSR count). The molecule has 3 amide bonds. The monoisotopic (exact) mass is 461 g/mol. The SMILES string of the molecule is CCOC(=O)C[C@]12C(=O)NCCN1[C@H](c1ccccc1)[C@H]1C(=O)N(c3ccc(C)cc3)C(=O)[C@H]12. The van der Waals surface area contributed by atoms with Gasteiger partial charge in [0.25, 0.3) is 0 Å². The molecular formula is C26H27N3O5. The van der Waals surface area contributed by atoms with Gasteiger partial charge < -0.3 is 10.1 Å². The lowest BCUT2D eigenvalue weighted by Gasteiger charge is -2.45. The Balaban J connectivity index is 1.68. The third kappa shape index (κ3) is 3.16. The molecule has 0 aromatic heterocycles. The van der Waals surface area contributed by atoms with E-state index in [1.165, 1.54) is 4.90 Å². The number of fused-ring (bicyclic) bond motifs is 3. The molecular weight excluding hydrogens is 434 g/mol. The Morgan fingerprint density at radius 2 is 1.76 bits per heavy atom. The molecule has 0 aliphatic carbocycles. The number of carbonyl (C=O) groups excluding carboxylic acids is 4. The first-order chi connectivity index (χ1) is 16.4. The molecule has 3 saturated heterocycles. The van der Waals surface area contributed by atoms with Crippen LogP contribution in [0.1, 0.15) is 30.5 Å². The molecule has 3 aliphatic rings. The highest BCUT2D eigenvalue weighted by molar-refractivity contribution is 6.24.